The Morgan fingerprint density at radius 1 is 1.14 bits per heavy atom. The van der Waals surface area contributed by atoms with Crippen LogP contribution in [0.4, 0.5) is 0 Å². The highest BCUT2D eigenvalue weighted by molar-refractivity contribution is 6.32. The number of benzene rings is 2. The van der Waals surface area contributed by atoms with Crippen LogP contribution in [0, 0.1) is 5.92 Å². The van der Waals surface area contributed by atoms with Crippen molar-refractivity contribution >= 4 is 23.4 Å². The molecular weight excluding hydrogens is 392 g/mol. The Labute approximate surface area is 174 Å². The number of hydrogen-bond acceptors (Lipinski definition) is 4. The van der Waals surface area contributed by atoms with Gasteiger partial charge in [0.15, 0.2) is 11.5 Å². The fraction of sp³-hybridized carbons (Fsp3) is 0.364. The van der Waals surface area contributed by atoms with Crippen LogP contribution in [-0.2, 0) is 22.6 Å². The normalized spacial score (nSPS) is 18.0. The van der Waals surface area contributed by atoms with Crippen molar-refractivity contribution in [1.82, 2.24) is 10.2 Å². The summed E-state index contributed by atoms with van der Waals surface area (Å²) in [5.74, 6) is 0.723. The van der Waals surface area contributed by atoms with Crippen LogP contribution in [0.5, 0.6) is 11.5 Å². The van der Waals surface area contributed by atoms with Gasteiger partial charge in [-0.1, -0.05) is 41.9 Å². The molecule has 2 amide bonds. The molecule has 1 unspecified atom stereocenters. The van der Waals surface area contributed by atoms with Gasteiger partial charge in [0.1, 0.15) is 13.2 Å². The fourth-order valence-corrected chi connectivity index (χ4v) is 3.96. The Morgan fingerprint density at radius 3 is 2.76 bits per heavy atom. The Balaban J connectivity index is 1.30. The first-order valence-corrected chi connectivity index (χ1v) is 10.2. The monoisotopic (exact) mass is 414 g/mol. The summed E-state index contributed by atoms with van der Waals surface area (Å²) in [4.78, 5) is 26.6. The van der Waals surface area contributed by atoms with E-state index >= 15 is 0 Å². The van der Waals surface area contributed by atoms with Gasteiger partial charge in [0.25, 0.3) is 0 Å². The first kappa shape index (κ1) is 19.6. The lowest BCUT2D eigenvalue weighted by atomic mass is 10.1. The Morgan fingerprint density at radius 2 is 1.93 bits per heavy atom. The molecule has 2 heterocycles. The average molecular weight is 415 g/mol. The lowest BCUT2D eigenvalue weighted by Crippen LogP contribution is -2.33. The van der Waals surface area contributed by atoms with E-state index in [1.807, 2.05) is 36.4 Å². The van der Waals surface area contributed by atoms with E-state index in [1.54, 1.807) is 11.0 Å². The molecule has 0 spiro atoms. The highest BCUT2D eigenvalue weighted by atomic mass is 35.5. The number of hydrogen-bond donors (Lipinski definition) is 1. The summed E-state index contributed by atoms with van der Waals surface area (Å²) < 4.78 is 11.1. The SMILES string of the molecule is O=C(NCc1cc(Cl)c2c(c1)OCCO2)C1CC(=O)N(CCc2ccccc2)C1. The van der Waals surface area contributed by atoms with Gasteiger partial charge >= 0.3 is 0 Å². The van der Waals surface area contributed by atoms with Gasteiger partial charge in [-0.15, -0.1) is 0 Å². The highest BCUT2D eigenvalue weighted by Crippen LogP contribution is 2.38. The second-order valence-corrected chi connectivity index (χ2v) is 7.70. The lowest BCUT2D eigenvalue weighted by molar-refractivity contribution is -0.129. The number of ether oxygens (including phenoxy) is 2. The van der Waals surface area contributed by atoms with Gasteiger partial charge < -0.3 is 19.7 Å². The van der Waals surface area contributed by atoms with E-state index in [1.165, 1.54) is 5.56 Å². The molecule has 29 heavy (non-hydrogen) atoms. The molecule has 1 fully saturated rings. The standard InChI is InChI=1S/C22H23ClN2O4/c23-18-10-16(11-19-21(18)29-9-8-28-19)13-24-22(27)17-12-20(26)25(14-17)7-6-15-4-2-1-3-5-15/h1-5,10-11,17H,6-9,12-14H2,(H,24,27). The average Bonchev–Trinajstić information content (AvgIpc) is 3.12. The topological polar surface area (TPSA) is 67.9 Å². The summed E-state index contributed by atoms with van der Waals surface area (Å²) in [7, 11) is 0. The molecule has 0 bridgehead atoms. The summed E-state index contributed by atoms with van der Waals surface area (Å²) in [5, 5.41) is 3.38. The first-order valence-electron chi connectivity index (χ1n) is 9.77. The van der Waals surface area contributed by atoms with Crippen molar-refractivity contribution in [3.05, 3.63) is 58.6 Å². The molecule has 1 atom stereocenters. The van der Waals surface area contributed by atoms with Crippen LogP contribution in [-0.4, -0.2) is 43.0 Å². The van der Waals surface area contributed by atoms with Gasteiger partial charge in [-0.05, 0) is 29.7 Å². The molecule has 2 aliphatic rings. The third-order valence-electron chi connectivity index (χ3n) is 5.22. The van der Waals surface area contributed by atoms with Crippen LogP contribution < -0.4 is 14.8 Å². The Bertz CT molecular complexity index is 903. The minimum Gasteiger partial charge on any atom is -0.486 e. The molecule has 0 radical (unpaired) electrons. The number of nitrogens with one attached hydrogen (secondary N) is 1. The zero-order chi connectivity index (χ0) is 20.2. The van der Waals surface area contributed by atoms with Gasteiger partial charge in [-0.3, -0.25) is 9.59 Å². The van der Waals surface area contributed by atoms with Crippen molar-refractivity contribution in [2.45, 2.75) is 19.4 Å². The van der Waals surface area contributed by atoms with Crippen LogP contribution >= 0.6 is 11.6 Å². The molecule has 0 aromatic heterocycles. The van der Waals surface area contributed by atoms with E-state index in [4.69, 9.17) is 21.1 Å². The molecule has 2 aliphatic heterocycles. The molecule has 4 rings (SSSR count). The summed E-state index contributed by atoms with van der Waals surface area (Å²) >= 11 is 6.24. The lowest BCUT2D eigenvalue weighted by Gasteiger charge is -2.20. The van der Waals surface area contributed by atoms with Gasteiger partial charge in [0.2, 0.25) is 11.8 Å². The van der Waals surface area contributed by atoms with Crippen LogP contribution in [0.3, 0.4) is 0 Å². The van der Waals surface area contributed by atoms with Crippen molar-refractivity contribution in [1.29, 1.82) is 0 Å². The molecule has 7 heteroatoms. The molecular formula is C22H23ClN2O4. The van der Waals surface area contributed by atoms with Crippen molar-refractivity contribution in [2.75, 3.05) is 26.3 Å². The third kappa shape index (κ3) is 4.65. The number of carbonyl (C=O) groups is 2. The molecule has 2 aromatic rings. The van der Waals surface area contributed by atoms with Gasteiger partial charge in [-0.25, -0.2) is 0 Å². The first-order chi connectivity index (χ1) is 14.1. The van der Waals surface area contributed by atoms with Crippen molar-refractivity contribution in [3.8, 4) is 11.5 Å². The van der Waals surface area contributed by atoms with Crippen LogP contribution in [0.15, 0.2) is 42.5 Å². The summed E-state index contributed by atoms with van der Waals surface area (Å²) in [6, 6.07) is 13.6. The van der Waals surface area contributed by atoms with Crippen molar-refractivity contribution < 1.29 is 19.1 Å². The quantitative estimate of drug-likeness (QED) is 0.789. The molecule has 0 saturated carbocycles. The molecule has 2 aromatic carbocycles. The predicted molar refractivity (Wildman–Crippen MR) is 109 cm³/mol. The minimum absolute atomic E-state index is 0.0310. The Kier molecular flexibility index (Phi) is 5.90. The highest BCUT2D eigenvalue weighted by Gasteiger charge is 2.33. The number of rotatable bonds is 6. The summed E-state index contributed by atoms with van der Waals surface area (Å²) in [6.07, 6.45) is 1.04. The van der Waals surface area contributed by atoms with Crippen molar-refractivity contribution in [2.24, 2.45) is 5.92 Å². The van der Waals surface area contributed by atoms with Gasteiger partial charge in [-0.2, -0.15) is 0 Å². The molecule has 1 saturated heterocycles. The molecule has 152 valence electrons. The van der Waals surface area contributed by atoms with Gasteiger partial charge in [0, 0.05) is 26.1 Å². The maximum Gasteiger partial charge on any atom is 0.225 e. The van der Waals surface area contributed by atoms with E-state index in [2.05, 4.69) is 5.32 Å². The second kappa shape index (κ2) is 8.74. The van der Waals surface area contributed by atoms with Crippen LogP contribution in [0.2, 0.25) is 5.02 Å². The van der Waals surface area contributed by atoms with E-state index in [-0.39, 0.29) is 24.2 Å². The molecule has 0 aliphatic carbocycles. The third-order valence-corrected chi connectivity index (χ3v) is 5.50. The van der Waals surface area contributed by atoms with E-state index in [9.17, 15) is 9.59 Å². The molecule has 1 N–H and O–H groups in total. The zero-order valence-electron chi connectivity index (χ0n) is 16.0. The predicted octanol–water partition coefficient (Wildman–Crippen LogP) is 2.82. The maximum atomic E-state index is 12.6. The summed E-state index contributed by atoms with van der Waals surface area (Å²) in [6.45, 7) is 2.36. The maximum absolute atomic E-state index is 12.6. The van der Waals surface area contributed by atoms with Crippen molar-refractivity contribution in [3.63, 3.8) is 0 Å². The zero-order valence-corrected chi connectivity index (χ0v) is 16.8. The minimum atomic E-state index is -0.328. The number of halogens is 1. The van der Waals surface area contributed by atoms with E-state index in [0.717, 1.165) is 12.0 Å². The number of carbonyl (C=O) groups excluding carboxylic acids is 2. The van der Waals surface area contributed by atoms with E-state index in [0.29, 0.717) is 49.4 Å². The number of nitrogens with zero attached hydrogens (tertiary/aromatic N) is 1. The largest absolute Gasteiger partial charge is 0.486 e. The number of fused-ring (bicyclic) bond motifs is 1. The summed E-state index contributed by atoms with van der Waals surface area (Å²) in [5.41, 5.74) is 2.02. The van der Waals surface area contributed by atoms with Gasteiger partial charge in [0.05, 0.1) is 10.9 Å². The second-order valence-electron chi connectivity index (χ2n) is 7.30. The fourth-order valence-electron chi connectivity index (χ4n) is 3.67. The smallest absolute Gasteiger partial charge is 0.225 e. The number of amides is 2. The van der Waals surface area contributed by atoms with Crippen LogP contribution in [0.25, 0.3) is 0 Å². The number of likely N-dealkylation sites (tertiary alicyclic amines) is 1. The van der Waals surface area contributed by atoms with E-state index < -0.39 is 0 Å². The molecule has 6 nitrogen and oxygen atoms in total. The Hall–Kier alpha value is -2.73. The van der Waals surface area contributed by atoms with Crippen LogP contribution in [0.1, 0.15) is 17.5 Å².